The summed E-state index contributed by atoms with van der Waals surface area (Å²) >= 11 is 1.29. The van der Waals surface area contributed by atoms with E-state index in [2.05, 4.69) is 37.4 Å². The Labute approximate surface area is 182 Å². The molecule has 3 aromatic heterocycles. The van der Waals surface area contributed by atoms with Gasteiger partial charge in [-0.1, -0.05) is 48.5 Å². The molecule has 0 bridgehead atoms. The fraction of sp³-hybridized carbons (Fsp3) is 0.136. The average Bonchev–Trinajstić information content (AvgIpc) is 3.39. The molecule has 0 saturated heterocycles. The van der Waals surface area contributed by atoms with Crippen LogP contribution in [0.5, 0.6) is 0 Å². The highest BCUT2D eigenvalue weighted by atomic mass is 32.2. The van der Waals surface area contributed by atoms with Gasteiger partial charge in [-0.05, 0) is 36.4 Å². The molecule has 0 aliphatic carbocycles. The van der Waals surface area contributed by atoms with Crippen LogP contribution in [0.1, 0.15) is 18.3 Å². The van der Waals surface area contributed by atoms with Crippen LogP contribution >= 0.6 is 11.8 Å². The highest BCUT2D eigenvalue weighted by molar-refractivity contribution is 7.99. The zero-order valence-electron chi connectivity index (χ0n) is 16.8. The summed E-state index contributed by atoms with van der Waals surface area (Å²) in [5.41, 5.74) is 2.28. The first-order valence-electron chi connectivity index (χ1n) is 9.90. The van der Waals surface area contributed by atoms with Crippen LogP contribution in [0, 0.1) is 0 Å². The Morgan fingerprint density at radius 3 is 2.48 bits per heavy atom. The number of benzene rings is 2. The molecule has 8 nitrogen and oxygen atoms in total. The highest BCUT2D eigenvalue weighted by Crippen LogP contribution is 2.25. The third kappa shape index (κ3) is 3.75. The molecule has 154 valence electrons. The lowest BCUT2D eigenvalue weighted by atomic mass is 10.1. The minimum absolute atomic E-state index is 0.234. The van der Waals surface area contributed by atoms with Gasteiger partial charge in [-0.25, -0.2) is 9.67 Å². The summed E-state index contributed by atoms with van der Waals surface area (Å²) in [6.07, 6.45) is 2.22. The molecule has 0 fully saturated rings. The minimum atomic E-state index is -0.234. The number of nitrogens with zero attached hydrogens (tertiary/aromatic N) is 6. The summed E-state index contributed by atoms with van der Waals surface area (Å²) < 4.78 is 3.70. The van der Waals surface area contributed by atoms with Crippen LogP contribution in [-0.4, -0.2) is 34.5 Å². The van der Waals surface area contributed by atoms with Gasteiger partial charge in [0.25, 0.3) is 5.56 Å². The van der Waals surface area contributed by atoms with Crippen molar-refractivity contribution in [2.75, 3.05) is 0 Å². The molecule has 5 aromatic rings. The molecule has 0 saturated carbocycles. The first-order chi connectivity index (χ1) is 15.2. The first-order valence-corrected chi connectivity index (χ1v) is 10.7. The Morgan fingerprint density at radius 1 is 1.00 bits per heavy atom. The predicted molar refractivity (Wildman–Crippen MR) is 119 cm³/mol. The molecule has 0 radical (unpaired) electrons. The molecule has 0 unspecified atom stereocenters. The Balaban J connectivity index is 1.50. The van der Waals surface area contributed by atoms with Crippen LogP contribution in [0.3, 0.4) is 0 Å². The molecule has 1 N–H and O–H groups in total. The lowest BCUT2D eigenvalue weighted by molar-refractivity contribution is 0.650. The van der Waals surface area contributed by atoms with E-state index in [1.807, 2.05) is 60.0 Å². The largest absolute Gasteiger partial charge is 0.306 e. The number of aromatic amines is 1. The first kappa shape index (κ1) is 19.3. The van der Waals surface area contributed by atoms with E-state index in [1.54, 1.807) is 4.68 Å². The third-order valence-corrected chi connectivity index (χ3v) is 5.79. The normalized spacial score (nSPS) is 11.3. The summed E-state index contributed by atoms with van der Waals surface area (Å²) in [6, 6.07) is 19.8. The van der Waals surface area contributed by atoms with Crippen LogP contribution in [-0.2, 0) is 13.0 Å². The van der Waals surface area contributed by atoms with E-state index in [4.69, 9.17) is 0 Å². The fourth-order valence-electron chi connectivity index (χ4n) is 3.41. The smallest absolute Gasteiger partial charge is 0.262 e. The zero-order chi connectivity index (χ0) is 21.2. The molecule has 9 heteroatoms. The van der Waals surface area contributed by atoms with Gasteiger partial charge >= 0.3 is 0 Å². The van der Waals surface area contributed by atoms with Crippen molar-refractivity contribution in [1.82, 2.24) is 34.5 Å². The van der Waals surface area contributed by atoms with Crippen LogP contribution in [0.2, 0.25) is 0 Å². The van der Waals surface area contributed by atoms with E-state index >= 15 is 0 Å². The van der Waals surface area contributed by atoms with Gasteiger partial charge in [0.1, 0.15) is 11.2 Å². The van der Waals surface area contributed by atoms with E-state index in [0.29, 0.717) is 34.3 Å². The molecule has 0 atom stereocenters. The van der Waals surface area contributed by atoms with Crippen LogP contribution in [0.15, 0.2) is 82.0 Å². The van der Waals surface area contributed by atoms with Gasteiger partial charge in [-0.15, -0.1) is 10.2 Å². The van der Waals surface area contributed by atoms with Gasteiger partial charge in [0.05, 0.1) is 11.9 Å². The second-order valence-electron chi connectivity index (χ2n) is 6.91. The summed E-state index contributed by atoms with van der Waals surface area (Å²) in [7, 11) is 0. The van der Waals surface area contributed by atoms with E-state index in [9.17, 15) is 4.79 Å². The van der Waals surface area contributed by atoms with E-state index in [0.717, 1.165) is 11.5 Å². The molecular formula is C22H19N7OS. The molecule has 0 amide bonds. The van der Waals surface area contributed by atoms with Crippen molar-refractivity contribution < 1.29 is 0 Å². The number of H-pyrrole nitrogens is 1. The molecule has 3 heterocycles. The quantitative estimate of drug-likeness (QED) is 0.416. The minimum Gasteiger partial charge on any atom is -0.306 e. The topological polar surface area (TPSA) is 94.3 Å². The van der Waals surface area contributed by atoms with E-state index < -0.39 is 0 Å². The second kappa shape index (κ2) is 8.19. The van der Waals surface area contributed by atoms with Gasteiger partial charge in [-0.3, -0.25) is 4.79 Å². The molecule has 0 spiro atoms. The summed E-state index contributed by atoms with van der Waals surface area (Å²) in [6.45, 7) is 2.76. The molecule has 0 aliphatic heterocycles. The van der Waals surface area contributed by atoms with Gasteiger partial charge in [-0.2, -0.15) is 5.10 Å². The zero-order valence-corrected chi connectivity index (χ0v) is 17.6. The number of fused-ring (bicyclic) bond motifs is 1. The molecule has 31 heavy (non-hydrogen) atoms. The van der Waals surface area contributed by atoms with Crippen LogP contribution in [0.4, 0.5) is 0 Å². The van der Waals surface area contributed by atoms with Crippen molar-refractivity contribution in [3.05, 3.63) is 88.6 Å². The Bertz CT molecular complexity index is 1390. The fourth-order valence-corrected chi connectivity index (χ4v) is 4.29. The van der Waals surface area contributed by atoms with Crippen molar-refractivity contribution in [1.29, 1.82) is 0 Å². The standard InChI is InChI=1S/C22H19N7OS/c1-2-28-18(13-15-9-5-3-6-10-15)26-27-22(28)31-21-24-19-17(20(30)25-21)14-23-29(19)16-11-7-4-8-12-16/h3-12,14H,2,13H2,1H3,(H,24,25,30). The van der Waals surface area contributed by atoms with Crippen molar-refractivity contribution in [3.63, 3.8) is 0 Å². The number of rotatable bonds is 6. The number of para-hydroxylation sites is 1. The highest BCUT2D eigenvalue weighted by Gasteiger charge is 2.16. The number of aromatic nitrogens is 7. The maximum Gasteiger partial charge on any atom is 0.262 e. The molecule has 5 rings (SSSR count). The van der Waals surface area contributed by atoms with Gasteiger partial charge in [0.15, 0.2) is 16.0 Å². The summed E-state index contributed by atoms with van der Waals surface area (Å²) in [4.78, 5) is 20.1. The maximum atomic E-state index is 12.6. The molecule has 0 aliphatic rings. The van der Waals surface area contributed by atoms with Crippen LogP contribution in [0.25, 0.3) is 16.7 Å². The molecular weight excluding hydrogens is 410 g/mol. The Hall–Kier alpha value is -3.72. The summed E-state index contributed by atoms with van der Waals surface area (Å²) in [5.74, 6) is 0.869. The average molecular weight is 430 g/mol. The lowest BCUT2D eigenvalue weighted by Gasteiger charge is -2.07. The van der Waals surface area contributed by atoms with E-state index in [1.165, 1.54) is 23.5 Å². The van der Waals surface area contributed by atoms with Gasteiger partial charge in [0, 0.05) is 13.0 Å². The lowest BCUT2D eigenvalue weighted by Crippen LogP contribution is -2.10. The van der Waals surface area contributed by atoms with Crippen molar-refractivity contribution in [3.8, 4) is 5.69 Å². The SMILES string of the molecule is CCn1c(Cc2ccccc2)nnc1Sc1nc2c(cnn2-c2ccccc2)c(=O)[nH]1. The Morgan fingerprint density at radius 2 is 1.74 bits per heavy atom. The third-order valence-electron chi connectivity index (χ3n) is 4.92. The van der Waals surface area contributed by atoms with Gasteiger partial charge < -0.3 is 9.55 Å². The molecule has 2 aromatic carbocycles. The summed E-state index contributed by atoms with van der Waals surface area (Å²) in [5, 5.41) is 14.6. The number of hydrogen-bond donors (Lipinski definition) is 1. The Kier molecular flexibility index (Phi) is 5.09. The number of nitrogens with one attached hydrogen (secondary N) is 1. The monoisotopic (exact) mass is 429 g/mol. The van der Waals surface area contributed by atoms with Crippen molar-refractivity contribution >= 4 is 22.8 Å². The van der Waals surface area contributed by atoms with Crippen molar-refractivity contribution in [2.45, 2.75) is 30.2 Å². The predicted octanol–water partition coefficient (Wildman–Crippen LogP) is 3.46. The van der Waals surface area contributed by atoms with Crippen LogP contribution < -0.4 is 5.56 Å². The van der Waals surface area contributed by atoms with Gasteiger partial charge in [0.2, 0.25) is 0 Å². The van der Waals surface area contributed by atoms with Crippen molar-refractivity contribution in [2.24, 2.45) is 0 Å². The number of hydrogen-bond acceptors (Lipinski definition) is 6. The van der Waals surface area contributed by atoms with E-state index in [-0.39, 0.29) is 5.56 Å². The second-order valence-corrected chi connectivity index (χ2v) is 7.86. The maximum absolute atomic E-state index is 12.6.